The zero-order chi connectivity index (χ0) is 20.0. The zero-order valence-electron chi connectivity index (χ0n) is 16.8. The summed E-state index contributed by atoms with van der Waals surface area (Å²) < 4.78 is 16.9. The third-order valence-corrected chi connectivity index (χ3v) is 6.53. The van der Waals surface area contributed by atoms with Crippen molar-refractivity contribution in [2.24, 2.45) is 11.8 Å². The number of likely N-dealkylation sites (tertiary alicyclic amines) is 1. The van der Waals surface area contributed by atoms with E-state index >= 15 is 0 Å². The maximum absolute atomic E-state index is 13.1. The summed E-state index contributed by atoms with van der Waals surface area (Å²) in [6, 6.07) is 5.63. The van der Waals surface area contributed by atoms with Crippen LogP contribution < -0.4 is 4.74 Å². The number of rotatable bonds is 4. The van der Waals surface area contributed by atoms with Gasteiger partial charge in [0, 0.05) is 42.7 Å². The average molecular weight is 407 g/mol. The third kappa shape index (κ3) is 3.38. The number of benzene rings is 1. The minimum Gasteiger partial charge on any atom is -0.493 e. The highest BCUT2D eigenvalue weighted by atomic mass is 35.5. The van der Waals surface area contributed by atoms with Crippen LogP contribution >= 0.6 is 11.6 Å². The van der Waals surface area contributed by atoms with Gasteiger partial charge in [0.25, 0.3) is 5.91 Å². The molecule has 2 aliphatic rings. The van der Waals surface area contributed by atoms with Crippen LogP contribution in [0.4, 0.5) is 0 Å². The van der Waals surface area contributed by atoms with Crippen LogP contribution in [0.25, 0.3) is 11.0 Å². The normalized spacial score (nSPS) is 27.4. The topological polar surface area (TPSA) is 55.2 Å². The second-order valence-electron chi connectivity index (χ2n) is 8.14. The Morgan fingerprint density at radius 1 is 1.18 bits per heavy atom. The molecule has 0 bridgehead atoms. The molecule has 4 atom stereocenters. The minimum atomic E-state index is -0.0702. The van der Waals surface area contributed by atoms with Crippen LogP contribution in [0.2, 0.25) is 5.02 Å². The number of carbonyl (C=O) groups is 1. The fourth-order valence-corrected chi connectivity index (χ4v) is 5.07. The molecule has 0 unspecified atom stereocenters. The summed E-state index contributed by atoms with van der Waals surface area (Å²) in [7, 11) is 7.55. The summed E-state index contributed by atoms with van der Waals surface area (Å²) >= 11 is 6.14. The number of furan rings is 1. The molecule has 2 fully saturated rings. The fourth-order valence-electron chi connectivity index (χ4n) is 4.85. The van der Waals surface area contributed by atoms with Crippen molar-refractivity contribution in [3.05, 3.63) is 29.0 Å². The molecule has 152 valence electrons. The van der Waals surface area contributed by atoms with Crippen molar-refractivity contribution in [3.63, 3.8) is 0 Å². The van der Waals surface area contributed by atoms with Crippen LogP contribution in [0.15, 0.2) is 22.6 Å². The van der Waals surface area contributed by atoms with E-state index < -0.39 is 0 Å². The molecular weight excluding hydrogens is 380 g/mol. The summed E-state index contributed by atoms with van der Waals surface area (Å²) in [6.07, 6.45) is 2.24. The van der Waals surface area contributed by atoms with Crippen molar-refractivity contribution in [1.82, 2.24) is 9.80 Å². The van der Waals surface area contributed by atoms with E-state index in [0.717, 1.165) is 31.3 Å². The zero-order valence-corrected chi connectivity index (χ0v) is 17.5. The van der Waals surface area contributed by atoms with Crippen molar-refractivity contribution < 1.29 is 18.7 Å². The number of hydrogen-bond acceptors (Lipinski definition) is 5. The number of fused-ring (bicyclic) bond motifs is 2. The molecule has 28 heavy (non-hydrogen) atoms. The Labute approximate surface area is 170 Å². The largest absolute Gasteiger partial charge is 0.493 e. The Bertz CT molecular complexity index is 881. The van der Waals surface area contributed by atoms with Crippen LogP contribution in [0.1, 0.15) is 23.4 Å². The van der Waals surface area contributed by atoms with Gasteiger partial charge in [-0.2, -0.15) is 0 Å². The highest BCUT2D eigenvalue weighted by Crippen LogP contribution is 2.40. The van der Waals surface area contributed by atoms with Crippen molar-refractivity contribution in [2.75, 3.05) is 41.4 Å². The Morgan fingerprint density at radius 3 is 2.54 bits per heavy atom. The van der Waals surface area contributed by atoms with E-state index in [2.05, 4.69) is 19.0 Å². The number of methoxy groups -OCH3 is 2. The highest BCUT2D eigenvalue weighted by molar-refractivity contribution is 6.31. The summed E-state index contributed by atoms with van der Waals surface area (Å²) in [4.78, 5) is 17.3. The fraction of sp³-hybridized carbons (Fsp3) is 0.571. The van der Waals surface area contributed by atoms with Crippen LogP contribution in [0.5, 0.6) is 5.75 Å². The monoisotopic (exact) mass is 406 g/mol. The van der Waals surface area contributed by atoms with Gasteiger partial charge in [0.2, 0.25) is 0 Å². The first-order chi connectivity index (χ1) is 13.4. The van der Waals surface area contributed by atoms with E-state index in [0.29, 0.717) is 40.0 Å². The van der Waals surface area contributed by atoms with Crippen molar-refractivity contribution >= 4 is 28.5 Å². The molecular formula is C21H27ClN2O4. The molecule has 1 amide bonds. The molecule has 4 rings (SSSR count). The number of carbonyl (C=O) groups excluding carboxylic acids is 1. The molecule has 1 saturated heterocycles. The Kier molecular flexibility index (Phi) is 5.29. The molecule has 1 saturated carbocycles. The third-order valence-electron chi connectivity index (χ3n) is 6.32. The van der Waals surface area contributed by atoms with E-state index in [1.165, 1.54) is 0 Å². The van der Waals surface area contributed by atoms with E-state index in [1.54, 1.807) is 32.4 Å². The van der Waals surface area contributed by atoms with Crippen molar-refractivity contribution in [3.8, 4) is 5.75 Å². The number of nitrogens with zero attached hydrogens (tertiary/aromatic N) is 2. The van der Waals surface area contributed by atoms with Gasteiger partial charge in [0.15, 0.2) is 17.1 Å². The van der Waals surface area contributed by atoms with Crippen LogP contribution in [-0.4, -0.2) is 69.3 Å². The molecule has 0 N–H and O–H groups in total. The Morgan fingerprint density at radius 2 is 1.89 bits per heavy atom. The predicted octanol–water partition coefficient (Wildman–Crippen LogP) is 3.52. The van der Waals surface area contributed by atoms with Gasteiger partial charge in [-0.25, -0.2) is 0 Å². The minimum absolute atomic E-state index is 0.0702. The summed E-state index contributed by atoms with van der Waals surface area (Å²) in [6.45, 7) is 1.51. The van der Waals surface area contributed by atoms with Gasteiger partial charge < -0.3 is 23.7 Å². The van der Waals surface area contributed by atoms with E-state index in [1.807, 2.05) is 4.90 Å². The van der Waals surface area contributed by atoms with Crippen molar-refractivity contribution in [2.45, 2.75) is 25.0 Å². The number of likely N-dealkylation sites (N-methyl/N-ethyl adjacent to an activating group) is 1. The number of halogens is 1. The average Bonchev–Trinajstić information content (AvgIpc) is 3.28. The Hall–Kier alpha value is -1.76. The second kappa shape index (κ2) is 7.58. The van der Waals surface area contributed by atoms with Crippen LogP contribution in [-0.2, 0) is 4.74 Å². The number of hydrogen-bond donors (Lipinski definition) is 0. The van der Waals surface area contributed by atoms with Crippen molar-refractivity contribution in [1.29, 1.82) is 0 Å². The van der Waals surface area contributed by atoms with E-state index in [4.69, 9.17) is 25.5 Å². The molecule has 6 nitrogen and oxygen atoms in total. The van der Waals surface area contributed by atoms with Crippen LogP contribution in [0, 0.1) is 11.8 Å². The predicted molar refractivity (Wildman–Crippen MR) is 108 cm³/mol. The lowest BCUT2D eigenvalue weighted by Gasteiger charge is -2.40. The molecule has 0 radical (unpaired) electrons. The first-order valence-electron chi connectivity index (χ1n) is 9.66. The molecule has 0 spiro atoms. The van der Waals surface area contributed by atoms with Gasteiger partial charge >= 0.3 is 0 Å². The first kappa shape index (κ1) is 19.6. The van der Waals surface area contributed by atoms with Crippen LogP contribution in [0.3, 0.4) is 0 Å². The second-order valence-corrected chi connectivity index (χ2v) is 8.58. The van der Waals surface area contributed by atoms with Gasteiger partial charge in [-0.3, -0.25) is 4.79 Å². The molecule has 2 aromatic rings. The molecule has 1 aliphatic heterocycles. The van der Waals surface area contributed by atoms with Gasteiger partial charge in [-0.1, -0.05) is 11.6 Å². The summed E-state index contributed by atoms with van der Waals surface area (Å²) in [5.41, 5.74) is 0.555. The molecule has 7 heteroatoms. The molecule has 2 heterocycles. The van der Waals surface area contributed by atoms with E-state index in [-0.39, 0.29) is 12.0 Å². The van der Waals surface area contributed by atoms with Gasteiger partial charge in [0.1, 0.15) is 0 Å². The first-order valence-corrected chi connectivity index (χ1v) is 10.0. The maximum atomic E-state index is 13.1. The lowest BCUT2D eigenvalue weighted by atomic mass is 9.77. The summed E-state index contributed by atoms with van der Waals surface area (Å²) in [5.74, 6) is 1.77. The SMILES string of the molecule is COc1cc(Cl)cc2cc(C(=O)N3C[C@H]4C[C@@H](N(C)C)[C@H](OC)C[C@H]4C3)oc12. The lowest BCUT2D eigenvalue weighted by molar-refractivity contribution is -0.0209. The highest BCUT2D eigenvalue weighted by Gasteiger charge is 2.44. The quantitative estimate of drug-likeness (QED) is 0.777. The van der Waals surface area contributed by atoms with Gasteiger partial charge in [-0.05, 0) is 50.9 Å². The lowest BCUT2D eigenvalue weighted by Crippen LogP contribution is -2.47. The summed E-state index contributed by atoms with van der Waals surface area (Å²) in [5, 5.41) is 1.33. The molecule has 1 aromatic carbocycles. The maximum Gasteiger partial charge on any atom is 0.289 e. The Balaban J connectivity index is 1.55. The van der Waals surface area contributed by atoms with Gasteiger partial charge in [0.05, 0.1) is 13.2 Å². The molecule has 1 aromatic heterocycles. The smallest absolute Gasteiger partial charge is 0.289 e. The van der Waals surface area contributed by atoms with Gasteiger partial charge in [-0.15, -0.1) is 0 Å². The number of ether oxygens (including phenoxy) is 2. The molecule has 1 aliphatic carbocycles. The standard InChI is InChI=1S/C21H27ClN2O4/c1-23(2)16-6-13-10-24(11-14(13)8-17(16)26-3)21(25)19-7-12-5-15(22)9-18(27-4)20(12)28-19/h5,7,9,13-14,16-17H,6,8,10-11H2,1-4H3/t13-,14+,16-,17-/m1/s1. The van der Waals surface area contributed by atoms with E-state index in [9.17, 15) is 4.79 Å². The number of amides is 1.